The van der Waals surface area contributed by atoms with Gasteiger partial charge in [-0.05, 0) is 104 Å². The van der Waals surface area contributed by atoms with Crippen molar-refractivity contribution in [3.63, 3.8) is 0 Å². The molecule has 2 nitrogen and oxygen atoms in total. The highest BCUT2D eigenvalue weighted by Gasteiger charge is 2.68. The van der Waals surface area contributed by atoms with E-state index in [0.717, 1.165) is 42.1 Å². The molecule has 6 aliphatic rings. The van der Waals surface area contributed by atoms with E-state index >= 15 is 0 Å². The fourth-order valence-corrected chi connectivity index (χ4v) is 10.5. The molecule has 0 radical (unpaired) electrons. The highest BCUT2D eigenvalue weighted by atomic mass is 16.5. The number of piperidine rings is 1. The van der Waals surface area contributed by atoms with Gasteiger partial charge >= 0.3 is 0 Å². The van der Waals surface area contributed by atoms with Gasteiger partial charge in [0.1, 0.15) is 5.72 Å². The van der Waals surface area contributed by atoms with E-state index in [1.54, 1.807) is 0 Å². The van der Waals surface area contributed by atoms with Crippen molar-refractivity contribution in [3.05, 3.63) is 0 Å². The van der Waals surface area contributed by atoms with Gasteiger partial charge in [-0.15, -0.1) is 0 Å². The Bertz CT molecular complexity index is 653. The van der Waals surface area contributed by atoms with Gasteiger partial charge in [-0.1, -0.05) is 40.5 Å². The molecule has 6 fully saturated rings. The first-order chi connectivity index (χ1) is 13.9. The largest absolute Gasteiger partial charge is 0.357 e. The highest BCUT2D eigenvalue weighted by Crippen LogP contribution is 2.71. The second-order valence-corrected chi connectivity index (χ2v) is 13.1. The molecule has 6 rings (SSSR count). The summed E-state index contributed by atoms with van der Waals surface area (Å²) in [4.78, 5) is 0. The Morgan fingerprint density at radius 1 is 0.828 bits per heavy atom. The van der Waals surface area contributed by atoms with Gasteiger partial charge in [0, 0.05) is 12.5 Å². The van der Waals surface area contributed by atoms with Crippen molar-refractivity contribution in [2.45, 2.75) is 110 Å². The molecule has 29 heavy (non-hydrogen) atoms. The van der Waals surface area contributed by atoms with Gasteiger partial charge in [0.05, 0.1) is 6.10 Å². The summed E-state index contributed by atoms with van der Waals surface area (Å²) in [5.41, 5.74) is 1.19. The van der Waals surface area contributed by atoms with Gasteiger partial charge in [-0.25, -0.2) is 0 Å². The van der Waals surface area contributed by atoms with Crippen LogP contribution in [0.25, 0.3) is 0 Å². The first-order valence-electron chi connectivity index (χ1n) is 13.3. The fraction of sp³-hybridized carbons (Fsp3) is 1.00. The minimum atomic E-state index is -0.000316. The summed E-state index contributed by atoms with van der Waals surface area (Å²) in [6, 6.07) is 0. The molecule has 0 bridgehead atoms. The van der Waals surface area contributed by atoms with Crippen molar-refractivity contribution < 1.29 is 4.74 Å². The summed E-state index contributed by atoms with van der Waals surface area (Å²) in [6.45, 7) is 11.5. The van der Waals surface area contributed by atoms with E-state index in [1.165, 1.54) is 70.6 Å². The smallest absolute Gasteiger partial charge is 0.122 e. The minimum absolute atomic E-state index is 0.000316. The summed E-state index contributed by atoms with van der Waals surface area (Å²) in [7, 11) is 0. The molecule has 1 spiro atoms. The van der Waals surface area contributed by atoms with Gasteiger partial charge in [0.25, 0.3) is 0 Å². The Morgan fingerprint density at radius 3 is 2.48 bits per heavy atom. The lowest BCUT2D eigenvalue weighted by Crippen LogP contribution is -2.57. The molecule has 2 saturated heterocycles. The number of rotatable bonds is 0. The Balaban J connectivity index is 1.27. The molecule has 11 atom stereocenters. The van der Waals surface area contributed by atoms with Crippen molar-refractivity contribution in [2.75, 3.05) is 6.54 Å². The third-order valence-electron chi connectivity index (χ3n) is 12.1. The summed E-state index contributed by atoms with van der Waals surface area (Å²) in [5.74, 6) is 6.23. The van der Waals surface area contributed by atoms with Gasteiger partial charge in [-0.3, -0.25) is 5.32 Å². The van der Waals surface area contributed by atoms with Crippen molar-refractivity contribution in [2.24, 2.45) is 52.3 Å². The molecule has 1 N–H and O–H groups in total. The van der Waals surface area contributed by atoms with Crippen LogP contribution in [-0.2, 0) is 4.74 Å². The normalized spacial score (nSPS) is 61.7. The second-order valence-electron chi connectivity index (χ2n) is 13.1. The standard InChI is InChI=1S/C27H45NO/c1-17-10-14-27(28-16-17)18(2)24-23(29-27)15-22-20-9-8-19-7-5-6-12-25(19,3)21(20)11-13-26(22,24)4/h17-24,28H,5-16H2,1-4H3/t17?,18-,19+,20+,21-,22-,23-,24-,25-,26-,27?/m0/s1. The molecule has 4 aliphatic carbocycles. The molecule has 0 aromatic carbocycles. The maximum Gasteiger partial charge on any atom is 0.122 e. The second kappa shape index (κ2) is 6.47. The van der Waals surface area contributed by atoms with Crippen LogP contribution in [0.4, 0.5) is 0 Å². The summed E-state index contributed by atoms with van der Waals surface area (Å²) < 4.78 is 7.03. The van der Waals surface area contributed by atoms with Crippen LogP contribution in [0.15, 0.2) is 0 Å². The Morgan fingerprint density at radius 2 is 1.69 bits per heavy atom. The topological polar surface area (TPSA) is 21.3 Å². The number of ether oxygens (including phenoxy) is 1. The lowest BCUT2D eigenvalue weighted by molar-refractivity contribution is -0.132. The molecule has 2 heteroatoms. The number of hydrogen-bond acceptors (Lipinski definition) is 2. The van der Waals surface area contributed by atoms with Gasteiger partial charge in [-0.2, -0.15) is 0 Å². The van der Waals surface area contributed by atoms with E-state index in [4.69, 9.17) is 4.74 Å². The van der Waals surface area contributed by atoms with E-state index in [9.17, 15) is 0 Å². The van der Waals surface area contributed by atoms with Crippen LogP contribution in [0, 0.1) is 52.3 Å². The van der Waals surface area contributed by atoms with Gasteiger partial charge < -0.3 is 4.74 Å². The van der Waals surface area contributed by atoms with E-state index in [1.807, 2.05) is 0 Å². The van der Waals surface area contributed by atoms with E-state index < -0.39 is 0 Å². The lowest BCUT2D eigenvalue weighted by Gasteiger charge is -2.61. The summed E-state index contributed by atoms with van der Waals surface area (Å²) in [5, 5.41) is 3.91. The average molecular weight is 400 g/mol. The molecule has 164 valence electrons. The monoisotopic (exact) mass is 399 g/mol. The zero-order chi connectivity index (χ0) is 20.0. The molecule has 4 saturated carbocycles. The van der Waals surface area contributed by atoms with Crippen LogP contribution in [-0.4, -0.2) is 18.4 Å². The first kappa shape index (κ1) is 19.6. The Labute approximate surface area is 179 Å². The van der Waals surface area contributed by atoms with E-state index in [-0.39, 0.29) is 5.72 Å². The SMILES string of the molecule is CC1CCC2(NC1)O[C@H]1C[C@H]3[C@@H]4CC[C@H]5CCCC[C@]5(C)[C@H]4CC[C@]3(C)[C@H]1[C@@H]2C. The maximum absolute atomic E-state index is 7.03. The predicted molar refractivity (Wildman–Crippen MR) is 118 cm³/mol. The number of nitrogens with one attached hydrogen (secondary N) is 1. The van der Waals surface area contributed by atoms with Crippen LogP contribution < -0.4 is 5.32 Å². The Kier molecular flexibility index (Phi) is 4.37. The van der Waals surface area contributed by atoms with E-state index in [2.05, 4.69) is 33.0 Å². The molecule has 0 aromatic rings. The third kappa shape index (κ3) is 2.54. The average Bonchev–Trinajstić information content (AvgIpc) is 3.15. The van der Waals surface area contributed by atoms with Crippen LogP contribution in [0.5, 0.6) is 0 Å². The molecule has 2 aliphatic heterocycles. The fourth-order valence-electron chi connectivity index (χ4n) is 10.5. The van der Waals surface area contributed by atoms with Crippen molar-refractivity contribution in [3.8, 4) is 0 Å². The molecular weight excluding hydrogens is 354 g/mol. The lowest BCUT2D eigenvalue weighted by atomic mass is 9.44. The quantitative estimate of drug-likeness (QED) is 0.509. The van der Waals surface area contributed by atoms with E-state index in [0.29, 0.717) is 22.9 Å². The maximum atomic E-state index is 7.03. The highest BCUT2D eigenvalue weighted by molar-refractivity contribution is 5.16. The third-order valence-corrected chi connectivity index (χ3v) is 12.1. The zero-order valence-electron chi connectivity index (χ0n) is 19.5. The summed E-state index contributed by atoms with van der Waals surface area (Å²) in [6.07, 6.45) is 16.5. The zero-order valence-corrected chi connectivity index (χ0v) is 19.5. The molecular formula is C27H45NO. The van der Waals surface area contributed by atoms with Crippen LogP contribution in [0.1, 0.15) is 98.3 Å². The number of fused-ring (bicyclic) bond motifs is 7. The van der Waals surface area contributed by atoms with Crippen molar-refractivity contribution in [1.29, 1.82) is 0 Å². The van der Waals surface area contributed by atoms with Crippen LogP contribution in [0.3, 0.4) is 0 Å². The molecule has 2 heterocycles. The first-order valence-corrected chi connectivity index (χ1v) is 13.3. The van der Waals surface area contributed by atoms with Crippen LogP contribution >= 0.6 is 0 Å². The predicted octanol–water partition coefficient (Wildman–Crippen LogP) is 6.40. The van der Waals surface area contributed by atoms with Gasteiger partial charge in [0.2, 0.25) is 0 Å². The molecule has 2 unspecified atom stereocenters. The van der Waals surface area contributed by atoms with Crippen LogP contribution in [0.2, 0.25) is 0 Å². The molecule has 0 amide bonds. The Hall–Kier alpha value is -0.0800. The van der Waals surface area contributed by atoms with Gasteiger partial charge in [0.15, 0.2) is 0 Å². The minimum Gasteiger partial charge on any atom is -0.357 e. The van der Waals surface area contributed by atoms with Crippen molar-refractivity contribution in [1.82, 2.24) is 5.32 Å². The van der Waals surface area contributed by atoms with Crippen molar-refractivity contribution >= 4 is 0 Å². The summed E-state index contributed by atoms with van der Waals surface area (Å²) >= 11 is 0. The molecule has 0 aromatic heterocycles. The number of hydrogen-bond donors (Lipinski definition) is 1.